The summed E-state index contributed by atoms with van der Waals surface area (Å²) in [5, 5.41) is 9.27. The predicted molar refractivity (Wildman–Crippen MR) is 73.2 cm³/mol. The highest BCUT2D eigenvalue weighted by atomic mass is 35.5. The first-order chi connectivity index (χ1) is 8.70. The van der Waals surface area contributed by atoms with Crippen LogP contribution in [-0.2, 0) is 9.84 Å². The van der Waals surface area contributed by atoms with Crippen LogP contribution in [0.25, 0.3) is 0 Å². The van der Waals surface area contributed by atoms with Gasteiger partial charge in [0.1, 0.15) is 15.4 Å². The van der Waals surface area contributed by atoms with Crippen molar-refractivity contribution >= 4 is 39.0 Å². The van der Waals surface area contributed by atoms with Crippen molar-refractivity contribution in [2.45, 2.75) is 6.42 Å². The van der Waals surface area contributed by atoms with Gasteiger partial charge in [-0.2, -0.15) is 0 Å². The van der Waals surface area contributed by atoms with Crippen molar-refractivity contribution in [2.24, 2.45) is 0 Å². The van der Waals surface area contributed by atoms with Gasteiger partial charge in [0.15, 0.2) is 5.75 Å². The van der Waals surface area contributed by atoms with Gasteiger partial charge in [-0.05, 0) is 18.6 Å². The van der Waals surface area contributed by atoms with Crippen molar-refractivity contribution in [3.8, 4) is 5.75 Å². The minimum atomic E-state index is -3.07. The average Bonchev–Trinajstić information content (AvgIpc) is 2.24. The molecule has 0 unspecified atom stereocenters. The summed E-state index contributed by atoms with van der Waals surface area (Å²) in [5.74, 6) is -1.27. The third-order valence-corrected chi connectivity index (χ3v) is 3.67. The third kappa shape index (κ3) is 5.26. The van der Waals surface area contributed by atoms with Gasteiger partial charge in [-0.25, -0.2) is 13.2 Å². The SMILES string of the molecule is CS(=O)(=O)CCCOc1c(Cl)cc(Cl)cc1C(=O)O. The fraction of sp³-hybridized carbons (Fsp3) is 0.364. The van der Waals surface area contributed by atoms with Crippen LogP contribution in [-0.4, -0.2) is 38.1 Å². The summed E-state index contributed by atoms with van der Waals surface area (Å²) < 4.78 is 27.1. The van der Waals surface area contributed by atoms with Gasteiger partial charge in [0.2, 0.25) is 0 Å². The second kappa shape index (κ2) is 6.45. The van der Waals surface area contributed by atoms with Gasteiger partial charge in [-0.3, -0.25) is 0 Å². The van der Waals surface area contributed by atoms with E-state index in [-0.39, 0.29) is 40.1 Å². The molecule has 0 radical (unpaired) electrons. The van der Waals surface area contributed by atoms with Crippen LogP contribution in [0.3, 0.4) is 0 Å². The highest BCUT2D eigenvalue weighted by Gasteiger charge is 2.16. The molecule has 0 aliphatic carbocycles. The molecule has 0 spiro atoms. The molecule has 0 aliphatic rings. The van der Waals surface area contributed by atoms with Gasteiger partial charge in [0.25, 0.3) is 0 Å². The Morgan fingerprint density at radius 2 is 2.00 bits per heavy atom. The average molecular weight is 327 g/mol. The van der Waals surface area contributed by atoms with Gasteiger partial charge in [0.05, 0.1) is 17.4 Å². The topological polar surface area (TPSA) is 80.7 Å². The zero-order chi connectivity index (χ0) is 14.6. The number of benzene rings is 1. The van der Waals surface area contributed by atoms with E-state index in [0.29, 0.717) is 0 Å². The Morgan fingerprint density at radius 3 is 2.53 bits per heavy atom. The maximum absolute atomic E-state index is 11.0. The maximum atomic E-state index is 11.0. The molecule has 19 heavy (non-hydrogen) atoms. The number of hydrogen-bond donors (Lipinski definition) is 1. The lowest BCUT2D eigenvalue weighted by atomic mass is 10.2. The molecule has 5 nitrogen and oxygen atoms in total. The van der Waals surface area contributed by atoms with Crippen molar-refractivity contribution in [3.05, 3.63) is 27.7 Å². The van der Waals surface area contributed by atoms with E-state index in [1.54, 1.807) is 0 Å². The summed E-state index contributed by atoms with van der Waals surface area (Å²) in [6.45, 7) is 0.0503. The van der Waals surface area contributed by atoms with Crippen molar-refractivity contribution in [1.82, 2.24) is 0 Å². The second-order valence-electron chi connectivity index (χ2n) is 3.90. The maximum Gasteiger partial charge on any atom is 0.339 e. The van der Waals surface area contributed by atoms with Crippen LogP contribution in [0.5, 0.6) is 5.75 Å². The molecular weight excluding hydrogens is 315 g/mol. The number of carboxylic acids is 1. The molecule has 1 aromatic rings. The number of aromatic carboxylic acids is 1. The van der Waals surface area contributed by atoms with Crippen LogP contribution in [0.2, 0.25) is 10.0 Å². The zero-order valence-corrected chi connectivity index (χ0v) is 12.3. The highest BCUT2D eigenvalue weighted by Crippen LogP contribution is 2.32. The van der Waals surface area contributed by atoms with Gasteiger partial charge in [0, 0.05) is 11.3 Å². The fourth-order valence-electron chi connectivity index (χ4n) is 1.36. The number of hydrogen-bond acceptors (Lipinski definition) is 4. The lowest BCUT2D eigenvalue weighted by Gasteiger charge is -2.11. The normalized spacial score (nSPS) is 11.3. The highest BCUT2D eigenvalue weighted by molar-refractivity contribution is 7.90. The minimum Gasteiger partial charge on any atom is -0.491 e. The van der Waals surface area contributed by atoms with E-state index in [4.69, 9.17) is 33.0 Å². The van der Waals surface area contributed by atoms with E-state index < -0.39 is 15.8 Å². The molecule has 0 saturated heterocycles. The summed E-state index contributed by atoms with van der Waals surface area (Å²) in [6.07, 6.45) is 1.36. The summed E-state index contributed by atoms with van der Waals surface area (Å²) in [7, 11) is -3.07. The number of rotatable bonds is 6. The molecule has 0 atom stereocenters. The predicted octanol–water partition coefficient (Wildman–Crippen LogP) is 2.51. The van der Waals surface area contributed by atoms with E-state index in [1.165, 1.54) is 12.1 Å². The Bertz CT molecular complexity index is 583. The molecule has 0 heterocycles. The van der Waals surface area contributed by atoms with E-state index in [1.807, 2.05) is 0 Å². The largest absolute Gasteiger partial charge is 0.491 e. The fourth-order valence-corrected chi connectivity index (χ4v) is 2.55. The summed E-state index contributed by atoms with van der Waals surface area (Å²) in [5.41, 5.74) is -0.156. The summed E-state index contributed by atoms with van der Waals surface area (Å²) in [4.78, 5) is 11.0. The third-order valence-electron chi connectivity index (χ3n) is 2.14. The molecule has 0 fully saturated rings. The van der Waals surface area contributed by atoms with Gasteiger partial charge in [-0.15, -0.1) is 0 Å². The zero-order valence-electron chi connectivity index (χ0n) is 10.0. The van der Waals surface area contributed by atoms with Gasteiger partial charge < -0.3 is 9.84 Å². The Kier molecular flexibility index (Phi) is 5.46. The lowest BCUT2D eigenvalue weighted by molar-refractivity contribution is 0.0692. The van der Waals surface area contributed by atoms with Crippen LogP contribution in [0.1, 0.15) is 16.8 Å². The smallest absolute Gasteiger partial charge is 0.339 e. The lowest BCUT2D eigenvalue weighted by Crippen LogP contribution is -2.10. The molecule has 8 heteroatoms. The molecule has 1 aromatic carbocycles. The Hall–Kier alpha value is -0.980. The summed E-state index contributed by atoms with van der Waals surface area (Å²) in [6, 6.07) is 2.59. The standard InChI is InChI=1S/C11H12Cl2O5S/c1-19(16,17)4-2-3-18-10-8(11(14)15)5-7(12)6-9(10)13/h5-6H,2-4H2,1H3,(H,14,15). The Balaban J connectivity index is 2.80. The quantitative estimate of drug-likeness (QED) is 0.812. The molecule has 1 N–H and O–H groups in total. The monoisotopic (exact) mass is 326 g/mol. The van der Waals surface area contributed by atoms with Crippen molar-refractivity contribution in [1.29, 1.82) is 0 Å². The van der Waals surface area contributed by atoms with Gasteiger partial charge in [-0.1, -0.05) is 23.2 Å². The van der Waals surface area contributed by atoms with E-state index in [2.05, 4.69) is 0 Å². The second-order valence-corrected chi connectivity index (χ2v) is 7.00. The molecule has 0 amide bonds. The molecule has 0 aliphatic heterocycles. The van der Waals surface area contributed by atoms with Crippen LogP contribution < -0.4 is 4.74 Å². The number of ether oxygens (including phenoxy) is 1. The minimum absolute atomic E-state index is 0.00734. The van der Waals surface area contributed by atoms with Crippen LogP contribution in [0, 0.1) is 0 Å². The van der Waals surface area contributed by atoms with Crippen molar-refractivity contribution in [3.63, 3.8) is 0 Å². The van der Waals surface area contributed by atoms with E-state index >= 15 is 0 Å². The van der Waals surface area contributed by atoms with E-state index in [0.717, 1.165) is 6.26 Å². The van der Waals surface area contributed by atoms with E-state index in [9.17, 15) is 13.2 Å². The number of carbonyl (C=O) groups is 1. The molecular formula is C11H12Cl2O5S. The van der Waals surface area contributed by atoms with Crippen molar-refractivity contribution in [2.75, 3.05) is 18.6 Å². The first-order valence-electron chi connectivity index (χ1n) is 5.23. The van der Waals surface area contributed by atoms with Gasteiger partial charge >= 0.3 is 5.97 Å². The molecule has 1 rings (SSSR count). The van der Waals surface area contributed by atoms with Crippen LogP contribution >= 0.6 is 23.2 Å². The molecule has 106 valence electrons. The number of carboxylic acid groups (broad SMARTS) is 1. The Morgan fingerprint density at radius 1 is 1.37 bits per heavy atom. The van der Waals surface area contributed by atoms with Crippen LogP contribution in [0.15, 0.2) is 12.1 Å². The molecule has 0 saturated carbocycles. The molecule has 0 aromatic heterocycles. The number of sulfone groups is 1. The van der Waals surface area contributed by atoms with Crippen LogP contribution in [0.4, 0.5) is 0 Å². The summed E-state index contributed by atoms with van der Waals surface area (Å²) >= 11 is 11.6. The van der Waals surface area contributed by atoms with Crippen molar-refractivity contribution < 1.29 is 23.1 Å². The Labute approximate surface area is 121 Å². The first-order valence-corrected chi connectivity index (χ1v) is 8.05. The molecule has 0 bridgehead atoms. The first kappa shape index (κ1) is 16.1. The number of halogens is 2.